The molecule has 3 unspecified atom stereocenters. The summed E-state index contributed by atoms with van der Waals surface area (Å²) in [6, 6.07) is 14.9. The first-order chi connectivity index (χ1) is 22.1. The Balaban J connectivity index is 1.35. The lowest BCUT2D eigenvalue weighted by Crippen LogP contribution is -2.42. The number of ether oxygens (including phenoxy) is 1. The zero-order valence-electron chi connectivity index (χ0n) is 24.7. The molecule has 1 aromatic heterocycles. The van der Waals surface area contributed by atoms with Crippen molar-refractivity contribution in [2.24, 2.45) is 17.6 Å². The van der Waals surface area contributed by atoms with E-state index >= 15 is 0 Å². The number of amides is 3. The highest BCUT2D eigenvalue weighted by molar-refractivity contribution is 7.89. The van der Waals surface area contributed by atoms with Crippen LogP contribution in [0.3, 0.4) is 0 Å². The van der Waals surface area contributed by atoms with Crippen LogP contribution in [-0.4, -0.2) is 58.8 Å². The molecule has 3 amide bonds. The van der Waals surface area contributed by atoms with Crippen LogP contribution in [0, 0.1) is 23.2 Å². The number of fused-ring (bicyclic) bond motifs is 1. The number of sulfonamides is 1. The second-order valence-electron chi connectivity index (χ2n) is 11.7. The summed E-state index contributed by atoms with van der Waals surface area (Å²) in [5.41, 5.74) is 7.31. The topological polar surface area (TPSA) is 170 Å². The maximum atomic E-state index is 14.3. The zero-order valence-corrected chi connectivity index (χ0v) is 26.3. The number of halogens is 1. The van der Waals surface area contributed by atoms with Gasteiger partial charge in [0, 0.05) is 36.1 Å². The molecular formula is C33H32ClN5O6S. The molecule has 0 bridgehead atoms. The minimum Gasteiger partial charge on any atom is -0.506 e. The number of H-pyrrole nitrogens is 1. The number of nitrogens with one attached hydrogen (secondary N) is 1. The first-order valence-electron chi connectivity index (χ1n) is 15.0. The molecule has 2 aliphatic rings. The third-order valence-electron chi connectivity index (χ3n) is 8.78. The Morgan fingerprint density at radius 2 is 1.87 bits per heavy atom. The maximum absolute atomic E-state index is 14.3. The number of aromatic hydroxyl groups is 1. The highest BCUT2D eigenvalue weighted by atomic mass is 35.5. The fourth-order valence-corrected chi connectivity index (χ4v) is 8.13. The number of imide groups is 1. The van der Waals surface area contributed by atoms with Gasteiger partial charge in [-0.3, -0.25) is 9.69 Å². The van der Waals surface area contributed by atoms with Crippen LogP contribution >= 0.6 is 11.6 Å². The Bertz CT molecular complexity index is 1970. The number of para-hydroxylation sites is 1. The number of hydrogen-bond acceptors (Lipinski definition) is 8. The van der Waals surface area contributed by atoms with Gasteiger partial charge in [-0.1, -0.05) is 36.2 Å². The molecule has 3 aromatic carbocycles. The summed E-state index contributed by atoms with van der Waals surface area (Å²) in [5.74, 6) is -0.184. The SMILES string of the molecule is N#Cc1cc(S(=O)(=O)N2C(=O)N(CC3CCCC(CN)C3)C(=O)C2Cc2c[nH]c3ccccc23)ccc1Oc1ccc(O)c(Cl)c1. The molecule has 46 heavy (non-hydrogen) atoms. The summed E-state index contributed by atoms with van der Waals surface area (Å²) in [5, 5.41) is 20.4. The van der Waals surface area contributed by atoms with Crippen LogP contribution in [0.4, 0.5) is 4.79 Å². The van der Waals surface area contributed by atoms with E-state index < -0.39 is 28.0 Å². The summed E-state index contributed by atoms with van der Waals surface area (Å²) < 4.78 is 34.9. The number of nitriles is 1. The van der Waals surface area contributed by atoms with Crippen molar-refractivity contribution in [3.63, 3.8) is 0 Å². The van der Waals surface area contributed by atoms with Gasteiger partial charge in [0.2, 0.25) is 0 Å². The summed E-state index contributed by atoms with van der Waals surface area (Å²) >= 11 is 5.97. The summed E-state index contributed by atoms with van der Waals surface area (Å²) in [6.07, 6.45) is 5.16. The number of nitrogens with zero attached hydrogens (tertiary/aromatic N) is 3. The summed E-state index contributed by atoms with van der Waals surface area (Å²) in [7, 11) is -4.62. The second-order valence-corrected chi connectivity index (χ2v) is 14.0. The van der Waals surface area contributed by atoms with Crippen molar-refractivity contribution in [2.45, 2.75) is 43.0 Å². The van der Waals surface area contributed by atoms with E-state index in [2.05, 4.69) is 4.98 Å². The van der Waals surface area contributed by atoms with Crippen LogP contribution in [0.25, 0.3) is 10.9 Å². The Kier molecular flexibility index (Phi) is 8.65. The minimum absolute atomic E-state index is 0.0154. The summed E-state index contributed by atoms with van der Waals surface area (Å²) in [6.45, 7) is 0.624. The first kappa shape index (κ1) is 31.4. The molecular weight excluding hydrogens is 630 g/mol. The average Bonchev–Trinajstić information content (AvgIpc) is 3.57. The predicted molar refractivity (Wildman–Crippen MR) is 171 cm³/mol. The normalized spacial score (nSPS) is 20.3. The van der Waals surface area contributed by atoms with E-state index in [-0.39, 0.29) is 57.5 Å². The number of urea groups is 1. The third kappa shape index (κ3) is 5.89. The number of benzene rings is 3. The van der Waals surface area contributed by atoms with E-state index in [9.17, 15) is 28.4 Å². The van der Waals surface area contributed by atoms with Crippen LogP contribution in [-0.2, 0) is 21.2 Å². The highest BCUT2D eigenvalue weighted by Crippen LogP contribution is 2.36. The van der Waals surface area contributed by atoms with E-state index in [1.165, 1.54) is 30.3 Å². The number of phenols is 1. The molecule has 4 aromatic rings. The van der Waals surface area contributed by atoms with Crippen molar-refractivity contribution in [3.05, 3.63) is 83.0 Å². The minimum atomic E-state index is -4.62. The Hall–Kier alpha value is -4.57. The van der Waals surface area contributed by atoms with Crippen molar-refractivity contribution in [3.8, 4) is 23.3 Å². The molecule has 3 atom stereocenters. The van der Waals surface area contributed by atoms with E-state index in [1.807, 2.05) is 30.3 Å². The van der Waals surface area contributed by atoms with Gasteiger partial charge in [0.25, 0.3) is 15.9 Å². The van der Waals surface area contributed by atoms with Crippen molar-refractivity contribution in [1.82, 2.24) is 14.2 Å². The molecule has 0 radical (unpaired) electrons. The van der Waals surface area contributed by atoms with Gasteiger partial charge < -0.3 is 20.6 Å². The van der Waals surface area contributed by atoms with Crippen molar-refractivity contribution >= 4 is 44.5 Å². The van der Waals surface area contributed by atoms with Crippen LogP contribution in [0.1, 0.15) is 36.8 Å². The average molecular weight is 662 g/mol. The summed E-state index contributed by atoms with van der Waals surface area (Å²) in [4.78, 5) is 31.8. The van der Waals surface area contributed by atoms with Gasteiger partial charge in [0.05, 0.1) is 15.5 Å². The second kappa shape index (κ2) is 12.7. The zero-order chi connectivity index (χ0) is 32.6. The lowest BCUT2D eigenvalue weighted by Gasteiger charge is -2.30. The number of aromatic nitrogens is 1. The highest BCUT2D eigenvalue weighted by Gasteiger charge is 2.52. The quantitative estimate of drug-likeness (QED) is 0.197. The van der Waals surface area contributed by atoms with Gasteiger partial charge >= 0.3 is 6.03 Å². The fourth-order valence-electron chi connectivity index (χ4n) is 6.42. The van der Waals surface area contributed by atoms with Crippen molar-refractivity contribution in [1.29, 1.82) is 5.26 Å². The van der Waals surface area contributed by atoms with Crippen LogP contribution < -0.4 is 10.5 Å². The lowest BCUT2D eigenvalue weighted by molar-refractivity contribution is -0.128. The number of aromatic amines is 1. The molecule has 1 aliphatic carbocycles. The number of nitrogens with two attached hydrogens (primary N) is 1. The van der Waals surface area contributed by atoms with E-state index in [1.54, 1.807) is 6.20 Å². The standard InChI is InChI=1S/C33H32ClN5O6S/c34-27-15-24(8-10-30(27)40)45-31-11-9-25(13-22(31)17-36)46(43,44)39-29(14-23-18-37-28-7-2-1-6-26(23)28)32(41)38(33(39)42)19-21-5-3-4-20(12-21)16-35/h1-2,6-11,13,15,18,20-21,29,37,40H,3-5,12,14,16,19,35H2. The molecule has 0 spiro atoms. The maximum Gasteiger partial charge on any atom is 0.341 e. The van der Waals surface area contributed by atoms with Gasteiger partial charge in [0.1, 0.15) is 29.4 Å². The number of carbonyl (C=O) groups is 2. The molecule has 1 saturated carbocycles. The smallest absolute Gasteiger partial charge is 0.341 e. The van der Waals surface area contributed by atoms with E-state index in [4.69, 9.17) is 22.1 Å². The fraction of sp³-hybridized carbons (Fsp3) is 0.303. The Labute approximate surface area is 271 Å². The van der Waals surface area contributed by atoms with Crippen molar-refractivity contribution in [2.75, 3.05) is 13.1 Å². The van der Waals surface area contributed by atoms with Gasteiger partial charge in [-0.15, -0.1) is 0 Å². The molecule has 11 nitrogen and oxygen atoms in total. The third-order valence-corrected chi connectivity index (χ3v) is 10.9. The van der Waals surface area contributed by atoms with Gasteiger partial charge in [0.15, 0.2) is 0 Å². The number of phenolic OH excluding ortho intramolecular Hbond substituents is 1. The Morgan fingerprint density at radius 1 is 1.09 bits per heavy atom. The van der Waals surface area contributed by atoms with E-state index in [0.717, 1.165) is 47.6 Å². The number of hydrogen-bond donors (Lipinski definition) is 3. The first-order valence-corrected chi connectivity index (χ1v) is 16.8. The van der Waals surface area contributed by atoms with Gasteiger partial charge in [-0.2, -0.15) is 5.26 Å². The lowest BCUT2D eigenvalue weighted by atomic mass is 9.81. The number of rotatable bonds is 9. The molecule has 13 heteroatoms. The van der Waals surface area contributed by atoms with Crippen LogP contribution in [0.2, 0.25) is 5.02 Å². The monoisotopic (exact) mass is 661 g/mol. The van der Waals surface area contributed by atoms with E-state index in [0.29, 0.717) is 16.4 Å². The van der Waals surface area contributed by atoms with Gasteiger partial charge in [-0.25, -0.2) is 17.5 Å². The molecule has 2 heterocycles. The molecule has 4 N–H and O–H groups in total. The van der Waals surface area contributed by atoms with Crippen molar-refractivity contribution < 1.29 is 27.9 Å². The molecule has 1 saturated heterocycles. The molecule has 6 rings (SSSR count). The number of carbonyl (C=O) groups excluding carboxylic acids is 2. The molecule has 2 fully saturated rings. The molecule has 1 aliphatic heterocycles. The van der Waals surface area contributed by atoms with Gasteiger partial charge in [-0.05, 0) is 79.6 Å². The Morgan fingerprint density at radius 3 is 2.63 bits per heavy atom. The molecule has 238 valence electrons. The van der Waals surface area contributed by atoms with Crippen LogP contribution in [0.15, 0.2) is 71.8 Å². The predicted octanol–water partition coefficient (Wildman–Crippen LogP) is 5.52. The van der Waals surface area contributed by atoms with Crippen LogP contribution in [0.5, 0.6) is 17.2 Å². The largest absolute Gasteiger partial charge is 0.506 e.